The Morgan fingerprint density at radius 3 is 2.70 bits per heavy atom. The monoisotopic (exact) mass is 331 g/mol. The van der Waals surface area contributed by atoms with Gasteiger partial charge in [-0.25, -0.2) is 0 Å². The summed E-state index contributed by atoms with van der Waals surface area (Å²) in [6, 6.07) is 9.24. The minimum atomic E-state index is -0.226. The summed E-state index contributed by atoms with van der Waals surface area (Å²) in [6.07, 6.45) is 0.288. The van der Waals surface area contributed by atoms with Gasteiger partial charge in [-0.1, -0.05) is 23.8 Å². The Kier molecular flexibility index (Phi) is 5.93. The van der Waals surface area contributed by atoms with Crippen LogP contribution in [-0.2, 0) is 4.79 Å². The van der Waals surface area contributed by atoms with Gasteiger partial charge < -0.3 is 10.1 Å². The van der Waals surface area contributed by atoms with Crippen molar-refractivity contribution in [1.29, 1.82) is 0 Å². The van der Waals surface area contributed by atoms with Crippen molar-refractivity contribution in [2.45, 2.75) is 33.2 Å². The van der Waals surface area contributed by atoms with Crippen LogP contribution in [0.15, 0.2) is 35.7 Å². The maximum Gasteiger partial charge on any atom is 0.258 e. The predicted molar refractivity (Wildman–Crippen MR) is 92.3 cm³/mol. The van der Waals surface area contributed by atoms with Crippen LogP contribution in [0.3, 0.4) is 0 Å². The van der Waals surface area contributed by atoms with Gasteiger partial charge in [-0.3, -0.25) is 9.59 Å². The average molecular weight is 331 g/mol. The van der Waals surface area contributed by atoms with Gasteiger partial charge in [0, 0.05) is 12.5 Å². The Labute approximate surface area is 140 Å². The third-order valence-electron chi connectivity index (χ3n) is 3.38. The molecule has 1 unspecified atom stereocenters. The number of ketones is 1. The number of aryl methyl sites for hydroxylation is 2. The van der Waals surface area contributed by atoms with Crippen LogP contribution in [0.4, 0.5) is 0 Å². The highest BCUT2D eigenvalue weighted by atomic mass is 32.1. The van der Waals surface area contributed by atoms with Gasteiger partial charge in [-0.2, -0.15) is 0 Å². The summed E-state index contributed by atoms with van der Waals surface area (Å²) in [7, 11) is 0. The zero-order valence-electron chi connectivity index (χ0n) is 13.6. The third-order valence-corrected chi connectivity index (χ3v) is 4.30. The van der Waals surface area contributed by atoms with E-state index in [1.807, 2.05) is 50.4 Å². The standard InChI is InChI=1S/C18H21NO3S/c1-12-6-7-16(13(2)9-12)22-11-18(21)19-14(3)10-15(20)17-5-4-8-23-17/h4-9,14H,10-11H2,1-3H3,(H,19,21). The highest BCUT2D eigenvalue weighted by molar-refractivity contribution is 7.12. The van der Waals surface area contributed by atoms with E-state index in [1.165, 1.54) is 11.3 Å². The number of rotatable bonds is 7. The Balaban J connectivity index is 1.79. The SMILES string of the molecule is Cc1ccc(OCC(=O)NC(C)CC(=O)c2cccs2)c(C)c1. The number of Topliss-reactive ketones (excluding diaryl/α,β-unsaturated/α-hetero) is 1. The van der Waals surface area contributed by atoms with Crippen LogP contribution in [0.2, 0.25) is 0 Å². The van der Waals surface area contributed by atoms with E-state index in [2.05, 4.69) is 5.32 Å². The molecule has 0 bridgehead atoms. The molecule has 5 heteroatoms. The molecule has 0 saturated carbocycles. The lowest BCUT2D eigenvalue weighted by molar-refractivity contribution is -0.123. The van der Waals surface area contributed by atoms with Crippen LogP contribution in [0.25, 0.3) is 0 Å². The molecule has 1 aromatic heterocycles. The fourth-order valence-electron chi connectivity index (χ4n) is 2.29. The van der Waals surface area contributed by atoms with Crippen molar-refractivity contribution in [2.24, 2.45) is 0 Å². The molecule has 0 fully saturated rings. The maximum absolute atomic E-state index is 12.0. The van der Waals surface area contributed by atoms with Crippen LogP contribution < -0.4 is 10.1 Å². The van der Waals surface area contributed by atoms with Crippen molar-refractivity contribution in [3.63, 3.8) is 0 Å². The van der Waals surface area contributed by atoms with Crippen LogP contribution in [0.1, 0.15) is 34.1 Å². The number of hydrogen-bond acceptors (Lipinski definition) is 4. The zero-order valence-corrected chi connectivity index (χ0v) is 14.4. The number of ether oxygens (including phenoxy) is 1. The first-order chi connectivity index (χ1) is 11.0. The van der Waals surface area contributed by atoms with E-state index >= 15 is 0 Å². The van der Waals surface area contributed by atoms with E-state index in [4.69, 9.17) is 4.74 Å². The quantitative estimate of drug-likeness (QED) is 0.790. The highest BCUT2D eigenvalue weighted by Crippen LogP contribution is 2.18. The lowest BCUT2D eigenvalue weighted by Crippen LogP contribution is -2.37. The van der Waals surface area contributed by atoms with Crippen LogP contribution in [0.5, 0.6) is 5.75 Å². The van der Waals surface area contributed by atoms with Gasteiger partial charge in [0.1, 0.15) is 5.75 Å². The summed E-state index contributed by atoms with van der Waals surface area (Å²) in [6.45, 7) is 5.72. The van der Waals surface area contributed by atoms with Crippen LogP contribution in [-0.4, -0.2) is 24.3 Å². The molecule has 1 heterocycles. The minimum absolute atomic E-state index is 0.0445. The van der Waals surface area contributed by atoms with Gasteiger partial charge in [0.2, 0.25) is 0 Å². The molecule has 4 nitrogen and oxygen atoms in total. The van der Waals surface area contributed by atoms with E-state index in [0.717, 1.165) is 16.0 Å². The number of amides is 1. The van der Waals surface area contributed by atoms with Gasteiger partial charge in [0.15, 0.2) is 12.4 Å². The van der Waals surface area contributed by atoms with E-state index in [9.17, 15) is 9.59 Å². The van der Waals surface area contributed by atoms with Gasteiger partial charge in [-0.15, -0.1) is 11.3 Å². The molecule has 0 radical (unpaired) electrons. The second-order valence-corrected chi connectivity index (χ2v) is 6.58. The fourth-order valence-corrected chi connectivity index (χ4v) is 2.96. The molecule has 0 spiro atoms. The first kappa shape index (κ1) is 17.2. The molecule has 0 aliphatic heterocycles. The van der Waals surface area contributed by atoms with Crippen molar-refractivity contribution in [3.05, 3.63) is 51.7 Å². The lowest BCUT2D eigenvalue weighted by Gasteiger charge is -2.14. The van der Waals surface area contributed by atoms with Crippen LogP contribution >= 0.6 is 11.3 Å². The van der Waals surface area contributed by atoms with E-state index < -0.39 is 0 Å². The molecule has 2 rings (SSSR count). The van der Waals surface area contributed by atoms with Gasteiger partial charge >= 0.3 is 0 Å². The Morgan fingerprint density at radius 2 is 2.04 bits per heavy atom. The first-order valence-electron chi connectivity index (χ1n) is 7.52. The van der Waals surface area contributed by atoms with Crippen LogP contribution in [0, 0.1) is 13.8 Å². The summed E-state index contributed by atoms with van der Waals surface area (Å²) in [4.78, 5) is 24.6. The lowest BCUT2D eigenvalue weighted by atomic mass is 10.1. The number of hydrogen-bond donors (Lipinski definition) is 1. The first-order valence-corrected chi connectivity index (χ1v) is 8.40. The minimum Gasteiger partial charge on any atom is -0.484 e. The number of thiophene rings is 1. The normalized spacial score (nSPS) is 11.8. The second-order valence-electron chi connectivity index (χ2n) is 5.63. The summed E-state index contributed by atoms with van der Waals surface area (Å²) < 4.78 is 5.54. The summed E-state index contributed by atoms with van der Waals surface area (Å²) in [5, 5.41) is 4.66. The number of nitrogens with one attached hydrogen (secondary N) is 1. The molecule has 1 N–H and O–H groups in total. The molecular weight excluding hydrogens is 310 g/mol. The molecule has 0 aliphatic rings. The number of carbonyl (C=O) groups is 2. The molecule has 0 saturated heterocycles. The average Bonchev–Trinajstić information content (AvgIpc) is 3.00. The van der Waals surface area contributed by atoms with Gasteiger partial charge in [-0.05, 0) is 43.8 Å². The van der Waals surface area contributed by atoms with E-state index in [0.29, 0.717) is 5.75 Å². The van der Waals surface area contributed by atoms with E-state index in [-0.39, 0.29) is 30.8 Å². The van der Waals surface area contributed by atoms with Crippen molar-refractivity contribution in [3.8, 4) is 5.75 Å². The molecular formula is C18H21NO3S. The zero-order chi connectivity index (χ0) is 16.8. The number of carbonyl (C=O) groups excluding carboxylic acids is 2. The molecule has 122 valence electrons. The number of benzene rings is 1. The van der Waals surface area contributed by atoms with Gasteiger partial charge in [0.05, 0.1) is 4.88 Å². The Hall–Kier alpha value is -2.14. The topological polar surface area (TPSA) is 55.4 Å². The molecule has 1 aromatic carbocycles. The predicted octanol–water partition coefficient (Wildman–Crippen LogP) is 3.52. The highest BCUT2D eigenvalue weighted by Gasteiger charge is 2.14. The summed E-state index contributed by atoms with van der Waals surface area (Å²) in [5.41, 5.74) is 2.15. The Bertz CT molecular complexity index is 680. The van der Waals surface area contributed by atoms with Gasteiger partial charge in [0.25, 0.3) is 5.91 Å². The molecule has 1 amide bonds. The molecule has 1 atom stereocenters. The fraction of sp³-hybridized carbons (Fsp3) is 0.333. The van der Waals surface area contributed by atoms with E-state index in [1.54, 1.807) is 6.07 Å². The summed E-state index contributed by atoms with van der Waals surface area (Å²) >= 11 is 1.42. The van der Waals surface area contributed by atoms with Crippen molar-refractivity contribution >= 4 is 23.0 Å². The van der Waals surface area contributed by atoms with Crippen molar-refractivity contribution < 1.29 is 14.3 Å². The maximum atomic E-state index is 12.0. The molecule has 0 aliphatic carbocycles. The second kappa shape index (κ2) is 7.92. The Morgan fingerprint density at radius 1 is 1.26 bits per heavy atom. The molecule has 2 aromatic rings. The van der Waals surface area contributed by atoms with Crippen molar-refractivity contribution in [1.82, 2.24) is 5.32 Å². The summed E-state index contributed by atoms with van der Waals surface area (Å²) in [5.74, 6) is 0.521. The van der Waals surface area contributed by atoms with Crippen molar-refractivity contribution in [2.75, 3.05) is 6.61 Å². The third kappa shape index (κ3) is 5.21. The molecule has 23 heavy (non-hydrogen) atoms. The smallest absolute Gasteiger partial charge is 0.258 e. The largest absolute Gasteiger partial charge is 0.484 e.